The highest BCUT2D eigenvalue weighted by Crippen LogP contribution is 2.37. The summed E-state index contributed by atoms with van der Waals surface area (Å²) in [4.78, 5) is 2.11. The van der Waals surface area contributed by atoms with Crippen molar-refractivity contribution in [3.63, 3.8) is 0 Å². The molecule has 0 aliphatic carbocycles. The van der Waals surface area contributed by atoms with E-state index in [-0.39, 0.29) is 11.4 Å². The fourth-order valence-electron chi connectivity index (χ4n) is 1.71. The molecule has 0 atom stereocenters. The number of halogens is 2. The van der Waals surface area contributed by atoms with Gasteiger partial charge in [0.1, 0.15) is 5.82 Å². The zero-order chi connectivity index (χ0) is 11.2. The number of hydrogen-bond acceptors (Lipinski definition) is 2. The molecule has 2 nitrogen and oxygen atoms in total. The van der Waals surface area contributed by atoms with E-state index < -0.39 is 0 Å². The zero-order valence-corrected chi connectivity index (χ0v) is 10.7. The van der Waals surface area contributed by atoms with Gasteiger partial charge >= 0.3 is 0 Å². The molecule has 15 heavy (non-hydrogen) atoms. The Bertz CT molecular complexity index is 404. The first kappa shape index (κ1) is 10.7. The minimum absolute atomic E-state index is 0.00721. The van der Waals surface area contributed by atoms with Crippen LogP contribution in [0.3, 0.4) is 0 Å². The largest absolute Gasteiger partial charge is 0.381 e. The molecular weight excluding hydrogens is 259 g/mol. The Kier molecular flexibility index (Phi) is 2.41. The Balaban J connectivity index is 2.52. The monoisotopic (exact) mass is 272 g/mol. The average Bonchev–Trinajstić information content (AvgIpc) is 2.16. The SMILES string of the molecule is CN1c2cc(F)c(Br)cc2NCC1(C)C. The normalized spacial score (nSPS) is 18.3. The van der Waals surface area contributed by atoms with E-state index in [1.807, 2.05) is 7.05 Å². The lowest BCUT2D eigenvalue weighted by Crippen LogP contribution is -2.50. The van der Waals surface area contributed by atoms with Gasteiger partial charge in [-0.1, -0.05) is 0 Å². The van der Waals surface area contributed by atoms with Gasteiger partial charge in [0, 0.05) is 19.7 Å². The second-order valence-corrected chi connectivity index (χ2v) is 5.36. The molecule has 1 N–H and O–H groups in total. The lowest BCUT2D eigenvalue weighted by molar-refractivity contribution is 0.500. The van der Waals surface area contributed by atoms with Gasteiger partial charge in [-0.3, -0.25) is 0 Å². The van der Waals surface area contributed by atoms with Crippen molar-refractivity contribution in [1.29, 1.82) is 0 Å². The van der Waals surface area contributed by atoms with Gasteiger partial charge in [0.25, 0.3) is 0 Å². The lowest BCUT2D eigenvalue weighted by Gasteiger charge is -2.43. The van der Waals surface area contributed by atoms with E-state index in [2.05, 4.69) is 40.0 Å². The van der Waals surface area contributed by atoms with Gasteiger partial charge in [-0.15, -0.1) is 0 Å². The van der Waals surface area contributed by atoms with Crippen LogP contribution in [0.4, 0.5) is 15.8 Å². The summed E-state index contributed by atoms with van der Waals surface area (Å²) in [6.07, 6.45) is 0. The zero-order valence-electron chi connectivity index (χ0n) is 9.06. The second kappa shape index (κ2) is 3.37. The molecule has 0 radical (unpaired) electrons. The first-order valence-corrected chi connectivity index (χ1v) is 5.68. The summed E-state index contributed by atoms with van der Waals surface area (Å²) in [6, 6.07) is 3.35. The highest BCUT2D eigenvalue weighted by atomic mass is 79.9. The maximum absolute atomic E-state index is 13.4. The molecule has 0 saturated heterocycles. The van der Waals surface area contributed by atoms with Crippen molar-refractivity contribution in [3.8, 4) is 0 Å². The van der Waals surface area contributed by atoms with E-state index in [4.69, 9.17) is 0 Å². The van der Waals surface area contributed by atoms with E-state index in [0.717, 1.165) is 17.9 Å². The van der Waals surface area contributed by atoms with Crippen LogP contribution >= 0.6 is 15.9 Å². The van der Waals surface area contributed by atoms with Crippen LogP contribution in [0.1, 0.15) is 13.8 Å². The fraction of sp³-hybridized carbons (Fsp3) is 0.455. The summed E-state index contributed by atoms with van der Waals surface area (Å²) >= 11 is 3.19. The second-order valence-electron chi connectivity index (χ2n) is 4.51. The molecule has 2 rings (SSSR count). The molecule has 0 bridgehead atoms. The summed E-state index contributed by atoms with van der Waals surface area (Å²) in [5.74, 6) is -0.222. The van der Waals surface area contributed by atoms with Gasteiger partial charge in [-0.2, -0.15) is 0 Å². The quantitative estimate of drug-likeness (QED) is 0.780. The third-order valence-corrected chi connectivity index (χ3v) is 3.63. The van der Waals surface area contributed by atoms with Crippen LogP contribution in [0.25, 0.3) is 0 Å². The third kappa shape index (κ3) is 1.71. The van der Waals surface area contributed by atoms with Gasteiger partial charge in [0.2, 0.25) is 0 Å². The molecular formula is C11H14BrFN2. The van der Waals surface area contributed by atoms with Crippen molar-refractivity contribution in [1.82, 2.24) is 0 Å². The predicted molar refractivity (Wildman–Crippen MR) is 65.1 cm³/mol. The number of nitrogens with zero attached hydrogens (tertiary/aromatic N) is 1. The van der Waals surface area contributed by atoms with Crippen LogP contribution in [0.5, 0.6) is 0 Å². The molecule has 0 unspecified atom stereocenters. The van der Waals surface area contributed by atoms with Gasteiger partial charge < -0.3 is 10.2 Å². The van der Waals surface area contributed by atoms with Crippen LogP contribution in [0.15, 0.2) is 16.6 Å². The molecule has 1 aliphatic heterocycles. The minimum atomic E-state index is -0.222. The van der Waals surface area contributed by atoms with E-state index in [9.17, 15) is 4.39 Å². The van der Waals surface area contributed by atoms with Crippen molar-refractivity contribution in [2.45, 2.75) is 19.4 Å². The Morgan fingerprint density at radius 1 is 1.47 bits per heavy atom. The Morgan fingerprint density at radius 2 is 2.13 bits per heavy atom. The van der Waals surface area contributed by atoms with Crippen LogP contribution in [-0.2, 0) is 0 Å². The van der Waals surface area contributed by atoms with E-state index in [0.29, 0.717) is 4.47 Å². The molecule has 1 aromatic rings. The molecule has 0 fully saturated rings. The molecule has 0 amide bonds. The highest BCUT2D eigenvalue weighted by Gasteiger charge is 2.30. The van der Waals surface area contributed by atoms with Gasteiger partial charge in [-0.05, 0) is 35.8 Å². The van der Waals surface area contributed by atoms with Gasteiger partial charge in [0.15, 0.2) is 0 Å². The van der Waals surface area contributed by atoms with Crippen molar-refractivity contribution in [2.24, 2.45) is 0 Å². The number of anilines is 2. The highest BCUT2D eigenvalue weighted by molar-refractivity contribution is 9.10. The smallest absolute Gasteiger partial charge is 0.139 e. The number of likely N-dealkylation sites (N-methyl/N-ethyl adjacent to an activating group) is 1. The summed E-state index contributed by atoms with van der Waals surface area (Å²) < 4.78 is 13.9. The minimum Gasteiger partial charge on any atom is -0.381 e. The Hall–Kier alpha value is -0.770. The maximum atomic E-state index is 13.4. The number of hydrogen-bond donors (Lipinski definition) is 1. The van der Waals surface area contributed by atoms with Crippen LogP contribution in [0.2, 0.25) is 0 Å². The number of rotatable bonds is 0. The summed E-state index contributed by atoms with van der Waals surface area (Å²) in [7, 11) is 1.99. The van der Waals surface area contributed by atoms with Crippen LogP contribution in [-0.4, -0.2) is 19.1 Å². The maximum Gasteiger partial charge on any atom is 0.139 e. The number of benzene rings is 1. The molecule has 4 heteroatoms. The van der Waals surface area contributed by atoms with Gasteiger partial charge in [-0.25, -0.2) is 4.39 Å². The van der Waals surface area contributed by atoms with E-state index in [1.54, 1.807) is 12.1 Å². The Morgan fingerprint density at radius 3 is 2.80 bits per heavy atom. The first-order chi connectivity index (χ1) is 6.92. The molecule has 0 spiro atoms. The molecule has 0 saturated carbocycles. The summed E-state index contributed by atoms with van der Waals surface area (Å²) in [5.41, 5.74) is 1.89. The van der Waals surface area contributed by atoms with Crippen LogP contribution in [0, 0.1) is 5.82 Å². The number of fused-ring (bicyclic) bond motifs is 1. The predicted octanol–water partition coefficient (Wildman–Crippen LogP) is 3.23. The number of nitrogens with one attached hydrogen (secondary N) is 1. The van der Waals surface area contributed by atoms with Crippen molar-refractivity contribution >= 4 is 27.3 Å². The van der Waals surface area contributed by atoms with E-state index in [1.165, 1.54) is 0 Å². The van der Waals surface area contributed by atoms with Crippen molar-refractivity contribution < 1.29 is 4.39 Å². The fourth-order valence-corrected chi connectivity index (χ4v) is 2.05. The molecule has 1 heterocycles. The molecule has 1 aliphatic rings. The Labute approximate surface area is 97.6 Å². The summed E-state index contributed by atoms with van der Waals surface area (Å²) in [5, 5.41) is 3.31. The molecule has 1 aromatic carbocycles. The molecule has 82 valence electrons. The average molecular weight is 273 g/mol. The van der Waals surface area contributed by atoms with Crippen molar-refractivity contribution in [2.75, 3.05) is 23.8 Å². The van der Waals surface area contributed by atoms with Crippen molar-refractivity contribution in [3.05, 3.63) is 22.4 Å². The summed E-state index contributed by atoms with van der Waals surface area (Å²) in [6.45, 7) is 5.11. The van der Waals surface area contributed by atoms with E-state index >= 15 is 0 Å². The lowest BCUT2D eigenvalue weighted by atomic mass is 9.98. The standard InChI is InChI=1S/C11H14BrFN2/c1-11(2)6-14-9-4-7(12)8(13)5-10(9)15(11)3/h4-5,14H,6H2,1-3H3. The first-order valence-electron chi connectivity index (χ1n) is 4.88. The van der Waals surface area contributed by atoms with Crippen LogP contribution < -0.4 is 10.2 Å². The topological polar surface area (TPSA) is 15.3 Å². The third-order valence-electron chi connectivity index (χ3n) is 3.02. The molecule has 0 aromatic heterocycles. The van der Waals surface area contributed by atoms with Gasteiger partial charge in [0.05, 0.1) is 21.4 Å².